The Balaban J connectivity index is 0.00000363. The van der Waals surface area contributed by atoms with Crippen molar-refractivity contribution in [3.8, 4) is 0 Å². The molecule has 3 rings (SSSR count). The number of aliphatic imine (C=N–C) groups is 1. The lowest BCUT2D eigenvalue weighted by molar-refractivity contribution is 0.0137. The molecule has 2 aliphatic heterocycles. The zero-order chi connectivity index (χ0) is 22.4. The predicted octanol–water partition coefficient (Wildman–Crippen LogP) is 3.22. The van der Waals surface area contributed by atoms with Crippen LogP contribution < -0.4 is 10.6 Å². The average Bonchev–Trinajstić information content (AvgIpc) is 3.14. The SMILES string of the molecule is CCCCNC(=O)c1ccc(CNC2=NCC3CN(C(=O)OC(C)(C)C)CCN23)cc1.I. The van der Waals surface area contributed by atoms with Crippen LogP contribution in [-0.2, 0) is 11.3 Å². The topological polar surface area (TPSA) is 86.3 Å². The van der Waals surface area contributed by atoms with Gasteiger partial charge in [0.2, 0.25) is 0 Å². The Morgan fingerprint density at radius 1 is 1.19 bits per heavy atom. The molecule has 9 heteroatoms. The number of carbonyl (C=O) groups excluding carboxylic acids is 2. The van der Waals surface area contributed by atoms with Crippen molar-refractivity contribution in [2.45, 2.75) is 58.7 Å². The Morgan fingerprint density at radius 2 is 1.91 bits per heavy atom. The van der Waals surface area contributed by atoms with Gasteiger partial charge in [-0.3, -0.25) is 9.79 Å². The molecule has 0 aliphatic carbocycles. The van der Waals surface area contributed by atoms with E-state index >= 15 is 0 Å². The molecule has 1 aromatic carbocycles. The smallest absolute Gasteiger partial charge is 0.410 e. The number of hydrogen-bond acceptors (Lipinski definition) is 6. The van der Waals surface area contributed by atoms with Crippen LogP contribution in [0.5, 0.6) is 0 Å². The highest BCUT2D eigenvalue weighted by Crippen LogP contribution is 2.19. The average molecular weight is 557 g/mol. The summed E-state index contributed by atoms with van der Waals surface area (Å²) in [5.74, 6) is 0.842. The van der Waals surface area contributed by atoms with Gasteiger partial charge >= 0.3 is 6.09 Å². The summed E-state index contributed by atoms with van der Waals surface area (Å²) in [7, 11) is 0. The van der Waals surface area contributed by atoms with Crippen LogP contribution in [0.4, 0.5) is 4.79 Å². The largest absolute Gasteiger partial charge is 0.444 e. The number of hydrogen-bond donors (Lipinski definition) is 2. The molecule has 32 heavy (non-hydrogen) atoms. The lowest BCUT2D eigenvalue weighted by Gasteiger charge is -2.39. The lowest BCUT2D eigenvalue weighted by Crippen LogP contribution is -2.57. The third kappa shape index (κ3) is 7.25. The number of benzene rings is 1. The van der Waals surface area contributed by atoms with Gasteiger partial charge in [0.05, 0.1) is 12.6 Å². The highest BCUT2D eigenvalue weighted by atomic mass is 127. The van der Waals surface area contributed by atoms with Crippen molar-refractivity contribution in [2.75, 3.05) is 32.7 Å². The zero-order valence-corrected chi connectivity index (χ0v) is 21.8. The molecule has 1 fully saturated rings. The van der Waals surface area contributed by atoms with Gasteiger partial charge < -0.3 is 25.2 Å². The van der Waals surface area contributed by atoms with Crippen LogP contribution in [0.1, 0.15) is 56.5 Å². The Hall–Kier alpha value is -2.04. The minimum atomic E-state index is -0.487. The van der Waals surface area contributed by atoms with E-state index in [1.54, 1.807) is 4.90 Å². The number of halogens is 1. The summed E-state index contributed by atoms with van der Waals surface area (Å²) in [6.07, 6.45) is 1.79. The van der Waals surface area contributed by atoms with Crippen molar-refractivity contribution in [3.63, 3.8) is 0 Å². The van der Waals surface area contributed by atoms with Gasteiger partial charge in [-0.15, -0.1) is 24.0 Å². The maximum absolute atomic E-state index is 12.3. The summed E-state index contributed by atoms with van der Waals surface area (Å²) in [5, 5.41) is 6.34. The monoisotopic (exact) mass is 557 g/mol. The van der Waals surface area contributed by atoms with Gasteiger partial charge in [-0.1, -0.05) is 25.5 Å². The molecular formula is C23H36IN5O3. The van der Waals surface area contributed by atoms with Crippen molar-refractivity contribution in [2.24, 2.45) is 4.99 Å². The van der Waals surface area contributed by atoms with Gasteiger partial charge in [-0.25, -0.2) is 4.79 Å². The number of fused-ring (bicyclic) bond motifs is 1. The van der Waals surface area contributed by atoms with E-state index < -0.39 is 5.60 Å². The summed E-state index contributed by atoms with van der Waals surface area (Å²) in [6.45, 7) is 11.7. The van der Waals surface area contributed by atoms with Crippen LogP contribution >= 0.6 is 24.0 Å². The number of rotatable bonds is 6. The third-order valence-electron chi connectivity index (χ3n) is 5.34. The van der Waals surface area contributed by atoms with E-state index in [1.165, 1.54) is 0 Å². The van der Waals surface area contributed by atoms with E-state index in [4.69, 9.17) is 4.74 Å². The Kier molecular flexibility index (Phi) is 9.60. The minimum absolute atomic E-state index is 0. The molecular weight excluding hydrogens is 521 g/mol. The van der Waals surface area contributed by atoms with Crippen LogP contribution in [0.15, 0.2) is 29.3 Å². The van der Waals surface area contributed by atoms with Crippen LogP contribution in [-0.4, -0.2) is 72.1 Å². The first kappa shape index (κ1) is 26.2. The Labute approximate surface area is 208 Å². The Bertz CT molecular complexity index is 807. The highest BCUT2D eigenvalue weighted by Gasteiger charge is 2.36. The number of piperazine rings is 1. The van der Waals surface area contributed by atoms with Gasteiger partial charge in [-0.2, -0.15) is 0 Å². The number of nitrogens with one attached hydrogen (secondary N) is 2. The summed E-state index contributed by atoms with van der Waals surface area (Å²) in [4.78, 5) is 33.1. The van der Waals surface area contributed by atoms with E-state index in [-0.39, 0.29) is 42.0 Å². The first-order chi connectivity index (χ1) is 14.8. The fraction of sp³-hybridized carbons (Fsp3) is 0.609. The normalized spacial score (nSPS) is 17.8. The van der Waals surface area contributed by atoms with Crippen LogP contribution in [0.2, 0.25) is 0 Å². The molecule has 0 saturated carbocycles. The molecule has 1 atom stereocenters. The van der Waals surface area contributed by atoms with E-state index in [1.807, 2.05) is 45.0 Å². The van der Waals surface area contributed by atoms with Gasteiger partial charge in [-0.05, 0) is 44.9 Å². The number of carbonyl (C=O) groups is 2. The molecule has 1 saturated heterocycles. The quantitative estimate of drug-likeness (QED) is 0.415. The summed E-state index contributed by atoms with van der Waals surface area (Å²) >= 11 is 0. The maximum Gasteiger partial charge on any atom is 0.410 e. The van der Waals surface area contributed by atoms with E-state index in [0.29, 0.717) is 38.3 Å². The molecule has 0 radical (unpaired) electrons. The molecule has 0 bridgehead atoms. The maximum atomic E-state index is 12.3. The van der Waals surface area contributed by atoms with Gasteiger partial charge in [0, 0.05) is 38.3 Å². The molecule has 2 aliphatic rings. The Morgan fingerprint density at radius 3 is 2.56 bits per heavy atom. The number of amides is 2. The molecule has 178 valence electrons. The number of unbranched alkanes of at least 4 members (excludes halogenated alkanes) is 1. The molecule has 2 N–H and O–H groups in total. The van der Waals surface area contributed by atoms with Gasteiger partial charge in [0.15, 0.2) is 5.96 Å². The fourth-order valence-corrected chi connectivity index (χ4v) is 3.66. The second-order valence-electron chi connectivity index (χ2n) is 9.10. The zero-order valence-electron chi connectivity index (χ0n) is 19.5. The minimum Gasteiger partial charge on any atom is -0.444 e. The van der Waals surface area contributed by atoms with Crippen molar-refractivity contribution < 1.29 is 14.3 Å². The first-order valence-electron chi connectivity index (χ1n) is 11.2. The van der Waals surface area contributed by atoms with Crippen molar-refractivity contribution >= 4 is 41.9 Å². The second kappa shape index (κ2) is 11.7. The fourth-order valence-electron chi connectivity index (χ4n) is 3.66. The molecule has 8 nitrogen and oxygen atoms in total. The molecule has 2 heterocycles. The van der Waals surface area contributed by atoms with Gasteiger partial charge in [0.1, 0.15) is 5.60 Å². The lowest BCUT2D eigenvalue weighted by atomic mass is 10.1. The standard InChI is InChI=1S/C23H35N5O3.HI/c1-5-6-11-24-20(29)18-9-7-17(8-10-18)14-25-21-26-15-19-16-27(12-13-28(19)21)22(30)31-23(2,3)4;/h7-10,19H,5-6,11-16H2,1-4H3,(H,24,29)(H,25,26);1H. The third-order valence-corrected chi connectivity index (χ3v) is 5.34. The van der Waals surface area contributed by atoms with Gasteiger partial charge in [0.25, 0.3) is 5.91 Å². The van der Waals surface area contributed by atoms with Crippen LogP contribution in [0, 0.1) is 0 Å². The molecule has 2 amide bonds. The van der Waals surface area contributed by atoms with E-state index in [0.717, 1.165) is 30.9 Å². The second-order valence-corrected chi connectivity index (χ2v) is 9.10. The van der Waals surface area contributed by atoms with Crippen LogP contribution in [0.3, 0.4) is 0 Å². The number of ether oxygens (including phenoxy) is 1. The predicted molar refractivity (Wildman–Crippen MR) is 137 cm³/mol. The number of guanidine groups is 1. The molecule has 1 unspecified atom stereocenters. The summed E-state index contributed by atoms with van der Waals surface area (Å²) in [5.41, 5.74) is 1.28. The highest BCUT2D eigenvalue weighted by molar-refractivity contribution is 14.0. The van der Waals surface area contributed by atoms with E-state index in [2.05, 4.69) is 27.4 Å². The number of nitrogens with zero attached hydrogens (tertiary/aromatic N) is 3. The molecule has 0 aromatic heterocycles. The van der Waals surface area contributed by atoms with Crippen molar-refractivity contribution in [3.05, 3.63) is 35.4 Å². The van der Waals surface area contributed by atoms with Crippen molar-refractivity contribution in [1.82, 2.24) is 20.4 Å². The first-order valence-corrected chi connectivity index (χ1v) is 11.2. The summed E-state index contributed by atoms with van der Waals surface area (Å²) in [6, 6.07) is 7.83. The summed E-state index contributed by atoms with van der Waals surface area (Å²) < 4.78 is 5.50. The molecule has 0 spiro atoms. The van der Waals surface area contributed by atoms with Crippen LogP contribution in [0.25, 0.3) is 0 Å². The van der Waals surface area contributed by atoms with E-state index in [9.17, 15) is 9.59 Å². The van der Waals surface area contributed by atoms with Crippen molar-refractivity contribution in [1.29, 1.82) is 0 Å². The molecule has 1 aromatic rings.